The number of rotatable bonds is 4. The van der Waals surface area contributed by atoms with Gasteiger partial charge >= 0.3 is 0 Å². The van der Waals surface area contributed by atoms with E-state index in [4.69, 9.17) is 0 Å². The van der Waals surface area contributed by atoms with Gasteiger partial charge in [0, 0.05) is 24.8 Å². The van der Waals surface area contributed by atoms with Crippen LogP contribution in [0.4, 0.5) is 0 Å². The molecule has 0 aliphatic rings. The van der Waals surface area contributed by atoms with E-state index >= 15 is 0 Å². The van der Waals surface area contributed by atoms with Gasteiger partial charge in [0.05, 0.1) is 6.61 Å². The molecule has 7 heteroatoms. The molecule has 0 radical (unpaired) electrons. The molecule has 1 aromatic heterocycles. The lowest BCUT2D eigenvalue weighted by molar-refractivity contribution is 0.276. The van der Waals surface area contributed by atoms with E-state index in [0.29, 0.717) is 17.8 Å². The summed E-state index contributed by atoms with van der Waals surface area (Å²) in [5.74, 6) is 0. The molecule has 0 aliphatic carbocycles. The summed E-state index contributed by atoms with van der Waals surface area (Å²) in [5.41, 5.74) is 0.753. The Bertz CT molecular complexity index is 514. The third kappa shape index (κ3) is 3.09. The average Bonchev–Trinajstić information content (AvgIpc) is 2.57. The Labute approximate surface area is 108 Å². The fourth-order valence-corrected chi connectivity index (χ4v) is 3.27. The Kier molecular flexibility index (Phi) is 4.19. The number of aromatic nitrogens is 2. The highest BCUT2D eigenvalue weighted by molar-refractivity contribution is 7.89. The molecule has 0 aliphatic heterocycles. The average molecular weight is 275 g/mol. The maximum atomic E-state index is 12.3. The number of nitrogens with one attached hydrogen (secondary N) is 1. The van der Waals surface area contributed by atoms with Gasteiger partial charge < -0.3 is 5.11 Å². The SMILES string of the molecule is Cc1[nH]nc(S(=O)(=O)N(C)CC(C)(C)C)c1CO. The first-order chi connectivity index (χ1) is 8.09. The van der Waals surface area contributed by atoms with Gasteiger partial charge in [-0.15, -0.1) is 0 Å². The number of aliphatic hydroxyl groups is 1. The van der Waals surface area contributed by atoms with E-state index in [1.807, 2.05) is 20.8 Å². The Hall–Kier alpha value is -0.920. The molecule has 0 unspecified atom stereocenters. The fourth-order valence-electron chi connectivity index (χ4n) is 1.73. The number of aliphatic hydroxyl groups excluding tert-OH is 1. The van der Waals surface area contributed by atoms with Crippen LogP contribution in [0.15, 0.2) is 5.03 Å². The predicted molar refractivity (Wildman–Crippen MR) is 68.5 cm³/mol. The van der Waals surface area contributed by atoms with E-state index in [2.05, 4.69) is 10.2 Å². The minimum absolute atomic E-state index is 0.0887. The largest absolute Gasteiger partial charge is 0.392 e. The van der Waals surface area contributed by atoms with Crippen LogP contribution >= 0.6 is 0 Å². The van der Waals surface area contributed by atoms with Crippen LogP contribution in [0, 0.1) is 12.3 Å². The van der Waals surface area contributed by atoms with Crippen molar-refractivity contribution < 1.29 is 13.5 Å². The summed E-state index contributed by atoms with van der Waals surface area (Å²) >= 11 is 0. The lowest BCUT2D eigenvalue weighted by Gasteiger charge is -2.25. The van der Waals surface area contributed by atoms with Gasteiger partial charge in [0.15, 0.2) is 5.03 Å². The highest BCUT2D eigenvalue weighted by Gasteiger charge is 2.30. The summed E-state index contributed by atoms with van der Waals surface area (Å²) in [6, 6.07) is 0. The normalized spacial score (nSPS) is 13.3. The standard InChI is InChI=1S/C11H21N3O3S/c1-8-9(6-15)10(13-12-8)18(16,17)14(5)7-11(2,3)4/h15H,6-7H2,1-5H3,(H,12,13). The van der Waals surface area contributed by atoms with Crippen LogP contribution in [-0.4, -0.2) is 41.6 Å². The van der Waals surface area contributed by atoms with Crippen LogP contribution in [0.5, 0.6) is 0 Å². The highest BCUT2D eigenvalue weighted by Crippen LogP contribution is 2.23. The van der Waals surface area contributed by atoms with Crippen molar-refractivity contribution in [1.29, 1.82) is 0 Å². The van der Waals surface area contributed by atoms with Gasteiger partial charge in [-0.25, -0.2) is 8.42 Å². The number of nitrogens with zero attached hydrogens (tertiary/aromatic N) is 2. The Morgan fingerprint density at radius 3 is 2.39 bits per heavy atom. The molecular formula is C11H21N3O3S. The van der Waals surface area contributed by atoms with Gasteiger partial charge in [0.2, 0.25) is 0 Å². The second kappa shape index (κ2) is 4.99. The van der Waals surface area contributed by atoms with Crippen LogP contribution in [-0.2, 0) is 16.6 Å². The van der Waals surface area contributed by atoms with Crippen LogP contribution in [0.3, 0.4) is 0 Å². The van der Waals surface area contributed by atoms with E-state index < -0.39 is 10.0 Å². The number of H-pyrrole nitrogens is 1. The zero-order valence-corrected chi connectivity index (χ0v) is 12.3. The van der Waals surface area contributed by atoms with Gasteiger partial charge in [0.1, 0.15) is 0 Å². The number of aromatic amines is 1. The maximum Gasteiger partial charge on any atom is 0.262 e. The molecule has 2 N–H and O–H groups in total. The van der Waals surface area contributed by atoms with E-state index in [9.17, 15) is 13.5 Å². The predicted octanol–water partition coefficient (Wildman–Crippen LogP) is 0.877. The van der Waals surface area contributed by atoms with Crippen LogP contribution in [0.1, 0.15) is 32.0 Å². The van der Waals surface area contributed by atoms with Crippen LogP contribution in [0.25, 0.3) is 0 Å². The van der Waals surface area contributed by atoms with Gasteiger partial charge in [-0.05, 0) is 12.3 Å². The highest BCUT2D eigenvalue weighted by atomic mass is 32.2. The molecule has 1 aromatic rings. The molecule has 0 fully saturated rings. The summed E-state index contributed by atoms with van der Waals surface area (Å²) in [5, 5.41) is 15.5. The van der Waals surface area contributed by atoms with Crippen molar-refractivity contribution in [3.05, 3.63) is 11.3 Å². The molecule has 0 atom stereocenters. The minimum Gasteiger partial charge on any atom is -0.392 e. The molecule has 0 bridgehead atoms. The molecule has 1 heterocycles. The molecule has 6 nitrogen and oxygen atoms in total. The molecule has 0 saturated heterocycles. The van der Waals surface area contributed by atoms with Crippen molar-refractivity contribution in [2.24, 2.45) is 5.41 Å². The molecule has 18 heavy (non-hydrogen) atoms. The van der Waals surface area contributed by atoms with Crippen molar-refractivity contribution in [2.75, 3.05) is 13.6 Å². The molecule has 0 aromatic carbocycles. The smallest absolute Gasteiger partial charge is 0.262 e. The summed E-state index contributed by atoms with van der Waals surface area (Å²) in [6.45, 7) is 7.60. The molecule has 0 spiro atoms. The summed E-state index contributed by atoms with van der Waals surface area (Å²) in [6.07, 6.45) is 0. The van der Waals surface area contributed by atoms with E-state index in [1.54, 1.807) is 6.92 Å². The third-order valence-electron chi connectivity index (χ3n) is 2.55. The van der Waals surface area contributed by atoms with E-state index in [0.717, 1.165) is 0 Å². The van der Waals surface area contributed by atoms with Gasteiger partial charge in [-0.2, -0.15) is 9.40 Å². The lowest BCUT2D eigenvalue weighted by atomic mass is 9.97. The first kappa shape index (κ1) is 15.1. The fraction of sp³-hybridized carbons (Fsp3) is 0.727. The number of aryl methyl sites for hydroxylation is 1. The zero-order valence-electron chi connectivity index (χ0n) is 11.5. The second-order valence-electron chi connectivity index (χ2n) is 5.61. The van der Waals surface area contributed by atoms with Crippen molar-refractivity contribution in [3.8, 4) is 0 Å². The topological polar surface area (TPSA) is 86.3 Å². The maximum absolute atomic E-state index is 12.3. The quantitative estimate of drug-likeness (QED) is 0.854. The van der Waals surface area contributed by atoms with Crippen molar-refractivity contribution in [1.82, 2.24) is 14.5 Å². The zero-order chi connectivity index (χ0) is 14.1. The summed E-state index contributed by atoms with van der Waals surface area (Å²) in [4.78, 5) is 0. The second-order valence-corrected chi connectivity index (χ2v) is 7.57. The van der Waals surface area contributed by atoms with E-state index in [-0.39, 0.29) is 17.0 Å². The molecule has 1 rings (SSSR count). The summed E-state index contributed by atoms with van der Waals surface area (Å²) < 4.78 is 25.9. The van der Waals surface area contributed by atoms with Crippen molar-refractivity contribution in [2.45, 2.75) is 39.3 Å². The van der Waals surface area contributed by atoms with Crippen molar-refractivity contribution >= 4 is 10.0 Å². The summed E-state index contributed by atoms with van der Waals surface area (Å²) in [7, 11) is -2.14. The minimum atomic E-state index is -3.66. The van der Waals surface area contributed by atoms with Gasteiger partial charge in [-0.3, -0.25) is 5.10 Å². The van der Waals surface area contributed by atoms with Gasteiger partial charge in [-0.1, -0.05) is 20.8 Å². The molecule has 104 valence electrons. The van der Waals surface area contributed by atoms with Crippen LogP contribution < -0.4 is 0 Å². The number of hydrogen-bond donors (Lipinski definition) is 2. The first-order valence-electron chi connectivity index (χ1n) is 5.70. The van der Waals surface area contributed by atoms with Gasteiger partial charge in [0.25, 0.3) is 10.0 Å². The number of hydrogen-bond acceptors (Lipinski definition) is 4. The first-order valence-corrected chi connectivity index (χ1v) is 7.14. The Balaban J connectivity index is 3.14. The van der Waals surface area contributed by atoms with E-state index in [1.165, 1.54) is 11.4 Å². The monoisotopic (exact) mass is 275 g/mol. The molecular weight excluding hydrogens is 254 g/mol. The van der Waals surface area contributed by atoms with Crippen molar-refractivity contribution in [3.63, 3.8) is 0 Å². The Morgan fingerprint density at radius 2 is 1.94 bits per heavy atom. The third-order valence-corrected chi connectivity index (χ3v) is 4.32. The molecule has 0 amide bonds. The number of sulfonamides is 1. The van der Waals surface area contributed by atoms with Crippen LogP contribution in [0.2, 0.25) is 0 Å². The lowest BCUT2D eigenvalue weighted by Crippen LogP contribution is -2.35. The molecule has 0 saturated carbocycles. The Morgan fingerprint density at radius 1 is 1.39 bits per heavy atom.